The molecule has 0 amide bonds. The summed E-state index contributed by atoms with van der Waals surface area (Å²) < 4.78 is 0. The number of fused-ring (bicyclic) bond motifs is 3. The van der Waals surface area contributed by atoms with E-state index in [9.17, 15) is 15.0 Å². The first-order chi connectivity index (χ1) is 10.5. The number of aliphatic hydroxyl groups is 2. The van der Waals surface area contributed by atoms with E-state index in [4.69, 9.17) is 0 Å². The number of hydrogen-bond donors (Lipinski definition) is 2. The number of carbonyl (C=O) groups is 1. The fraction of sp³-hybridized carbons (Fsp3) is 0.850. The molecule has 23 heavy (non-hydrogen) atoms. The summed E-state index contributed by atoms with van der Waals surface area (Å²) in [7, 11) is 0. The van der Waals surface area contributed by atoms with Gasteiger partial charge in [-0.2, -0.15) is 0 Å². The Morgan fingerprint density at radius 2 is 1.83 bits per heavy atom. The van der Waals surface area contributed by atoms with E-state index in [0.717, 1.165) is 19.3 Å². The Morgan fingerprint density at radius 3 is 2.43 bits per heavy atom. The molecule has 0 aromatic heterocycles. The van der Waals surface area contributed by atoms with Crippen LogP contribution in [0.4, 0.5) is 0 Å². The molecule has 3 fully saturated rings. The van der Waals surface area contributed by atoms with Crippen molar-refractivity contribution in [3.8, 4) is 0 Å². The van der Waals surface area contributed by atoms with Gasteiger partial charge in [0, 0.05) is 5.41 Å². The van der Waals surface area contributed by atoms with Gasteiger partial charge >= 0.3 is 0 Å². The molecule has 3 rings (SSSR count). The number of aliphatic hydroxyl groups excluding tert-OH is 1. The van der Waals surface area contributed by atoms with Crippen LogP contribution in [0.25, 0.3) is 0 Å². The largest absolute Gasteiger partial charge is 0.389 e. The topological polar surface area (TPSA) is 57.5 Å². The molecule has 0 aliphatic heterocycles. The number of Topliss-reactive ketones (excluding diaryl/α,β-unsaturated/α-hetero) is 1. The molecule has 3 aliphatic rings. The Labute approximate surface area is 140 Å². The molecule has 3 aliphatic carbocycles. The summed E-state index contributed by atoms with van der Waals surface area (Å²) in [5.41, 5.74) is -1.75. The lowest BCUT2D eigenvalue weighted by molar-refractivity contribution is -0.215. The summed E-state index contributed by atoms with van der Waals surface area (Å²) in [4.78, 5) is 13.2. The summed E-state index contributed by atoms with van der Waals surface area (Å²) >= 11 is 0. The summed E-state index contributed by atoms with van der Waals surface area (Å²) in [5.74, 6) is -0.180. The van der Waals surface area contributed by atoms with E-state index in [2.05, 4.69) is 27.4 Å². The highest BCUT2D eigenvalue weighted by Gasteiger charge is 2.66. The van der Waals surface area contributed by atoms with E-state index in [0.29, 0.717) is 18.8 Å². The second kappa shape index (κ2) is 4.92. The minimum absolute atomic E-state index is 0.161. The van der Waals surface area contributed by atoms with Crippen LogP contribution < -0.4 is 0 Å². The molecule has 0 spiro atoms. The van der Waals surface area contributed by atoms with Crippen molar-refractivity contribution in [2.24, 2.45) is 28.1 Å². The first kappa shape index (κ1) is 17.2. The third-order valence-corrected chi connectivity index (χ3v) is 7.67. The van der Waals surface area contributed by atoms with Crippen LogP contribution in [0.1, 0.15) is 66.2 Å². The normalized spacial score (nSPS) is 52.4. The molecule has 3 saturated carbocycles. The number of ketones is 1. The highest BCUT2D eigenvalue weighted by Crippen LogP contribution is 2.65. The predicted octanol–water partition coefficient (Wildman–Crippen LogP) is 3.49. The lowest BCUT2D eigenvalue weighted by Crippen LogP contribution is -2.68. The highest BCUT2D eigenvalue weighted by molar-refractivity contribution is 5.89. The van der Waals surface area contributed by atoms with Gasteiger partial charge in [0.15, 0.2) is 5.78 Å². The summed E-state index contributed by atoms with van der Waals surface area (Å²) in [6.07, 6.45) is 5.90. The second-order valence-corrected chi connectivity index (χ2v) is 9.67. The molecule has 0 bridgehead atoms. The van der Waals surface area contributed by atoms with Crippen molar-refractivity contribution in [1.82, 2.24) is 0 Å². The maximum Gasteiger partial charge on any atom is 0.168 e. The van der Waals surface area contributed by atoms with E-state index < -0.39 is 23.0 Å². The maximum atomic E-state index is 13.2. The monoisotopic (exact) mass is 320 g/mol. The van der Waals surface area contributed by atoms with Gasteiger partial charge in [0.1, 0.15) is 6.10 Å². The van der Waals surface area contributed by atoms with E-state index in [1.807, 2.05) is 6.92 Å². The molecule has 2 N–H and O–H groups in total. The van der Waals surface area contributed by atoms with Crippen LogP contribution in [0, 0.1) is 28.1 Å². The fourth-order valence-corrected chi connectivity index (χ4v) is 6.59. The zero-order valence-corrected chi connectivity index (χ0v) is 15.1. The Kier molecular flexibility index (Phi) is 3.67. The SMILES string of the molecule is C=CC1(C)CC2(O)CCC3C(C)(C)CCCC3(C)C2C(=O)C1O. The Hall–Kier alpha value is -0.670. The summed E-state index contributed by atoms with van der Waals surface area (Å²) in [6, 6.07) is 0. The van der Waals surface area contributed by atoms with Crippen molar-refractivity contribution < 1.29 is 15.0 Å². The van der Waals surface area contributed by atoms with Crippen LogP contribution in [-0.4, -0.2) is 27.7 Å². The molecule has 0 aromatic rings. The summed E-state index contributed by atoms with van der Waals surface area (Å²) in [6.45, 7) is 12.4. The number of rotatable bonds is 1. The van der Waals surface area contributed by atoms with E-state index in [-0.39, 0.29) is 16.6 Å². The minimum Gasteiger partial charge on any atom is -0.389 e. The Morgan fingerprint density at radius 1 is 1.17 bits per heavy atom. The standard InChI is InChI=1S/C20H32O3/c1-6-18(4)12-20(23)11-8-13-17(2,3)9-7-10-19(13,5)15(20)14(21)16(18)22/h6,13,15-16,22-23H,1,7-12H2,2-5H3. The average molecular weight is 320 g/mol. The van der Waals surface area contributed by atoms with Gasteiger partial charge in [0.25, 0.3) is 0 Å². The van der Waals surface area contributed by atoms with Gasteiger partial charge in [0.05, 0.1) is 11.5 Å². The predicted molar refractivity (Wildman–Crippen MR) is 90.8 cm³/mol. The molecule has 0 aromatic carbocycles. The van der Waals surface area contributed by atoms with Crippen LogP contribution in [0.2, 0.25) is 0 Å². The zero-order chi connectivity index (χ0) is 17.3. The average Bonchev–Trinajstić information content (AvgIpc) is 2.43. The molecular weight excluding hydrogens is 288 g/mol. The first-order valence-corrected chi connectivity index (χ1v) is 9.08. The Balaban J connectivity index is 2.07. The zero-order valence-electron chi connectivity index (χ0n) is 15.1. The molecule has 0 radical (unpaired) electrons. The van der Waals surface area contributed by atoms with Crippen molar-refractivity contribution in [1.29, 1.82) is 0 Å². The third kappa shape index (κ3) is 2.19. The molecule has 3 nitrogen and oxygen atoms in total. The highest BCUT2D eigenvalue weighted by atomic mass is 16.3. The first-order valence-electron chi connectivity index (χ1n) is 9.08. The molecular formula is C20H32O3. The van der Waals surface area contributed by atoms with Gasteiger partial charge in [-0.05, 0) is 48.9 Å². The van der Waals surface area contributed by atoms with Crippen molar-refractivity contribution in [3.63, 3.8) is 0 Å². The molecule has 6 unspecified atom stereocenters. The molecule has 130 valence electrons. The van der Waals surface area contributed by atoms with Crippen LogP contribution in [0.15, 0.2) is 12.7 Å². The number of hydrogen-bond acceptors (Lipinski definition) is 3. The molecule has 0 saturated heterocycles. The van der Waals surface area contributed by atoms with Gasteiger partial charge in [0.2, 0.25) is 0 Å². The van der Waals surface area contributed by atoms with Gasteiger partial charge in [-0.25, -0.2) is 0 Å². The molecule has 3 heteroatoms. The van der Waals surface area contributed by atoms with Crippen LogP contribution in [0.5, 0.6) is 0 Å². The van der Waals surface area contributed by atoms with Crippen molar-refractivity contribution in [2.75, 3.05) is 0 Å². The number of carbonyl (C=O) groups excluding carboxylic acids is 1. The van der Waals surface area contributed by atoms with E-state index in [1.165, 1.54) is 6.42 Å². The molecule has 0 heterocycles. The Bertz CT molecular complexity index is 539. The smallest absolute Gasteiger partial charge is 0.168 e. The lowest BCUT2D eigenvalue weighted by atomic mass is 9.41. The lowest BCUT2D eigenvalue weighted by Gasteiger charge is -2.64. The van der Waals surface area contributed by atoms with Gasteiger partial charge in [-0.1, -0.05) is 40.2 Å². The maximum absolute atomic E-state index is 13.2. The summed E-state index contributed by atoms with van der Waals surface area (Å²) in [5, 5.41) is 22.1. The van der Waals surface area contributed by atoms with Crippen molar-refractivity contribution >= 4 is 5.78 Å². The van der Waals surface area contributed by atoms with Gasteiger partial charge < -0.3 is 10.2 Å². The van der Waals surface area contributed by atoms with Gasteiger partial charge in [-0.3, -0.25) is 4.79 Å². The van der Waals surface area contributed by atoms with E-state index in [1.54, 1.807) is 6.08 Å². The fourth-order valence-electron chi connectivity index (χ4n) is 6.59. The van der Waals surface area contributed by atoms with E-state index >= 15 is 0 Å². The second-order valence-electron chi connectivity index (χ2n) is 9.67. The van der Waals surface area contributed by atoms with Crippen LogP contribution in [0.3, 0.4) is 0 Å². The van der Waals surface area contributed by atoms with Crippen LogP contribution in [-0.2, 0) is 4.79 Å². The van der Waals surface area contributed by atoms with Crippen molar-refractivity contribution in [2.45, 2.75) is 77.9 Å². The third-order valence-electron chi connectivity index (χ3n) is 7.67. The van der Waals surface area contributed by atoms with Gasteiger partial charge in [-0.15, -0.1) is 6.58 Å². The minimum atomic E-state index is -1.05. The molecule has 6 atom stereocenters. The van der Waals surface area contributed by atoms with Crippen LogP contribution >= 0.6 is 0 Å². The quantitative estimate of drug-likeness (QED) is 0.727. The van der Waals surface area contributed by atoms with Crippen molar-refractivity contribution in [3.05, 3.63) is 12.7 Å².